The first-order valence-corrected chi connectivity index (χ1v) is 7.67. The van der Waals surface area contributed by atoms with Gasteiger partial charge in [0.25, 0.3) is 0 Å². The number of furan rings is 1. The largest absolute Gasteiger partial charge is 0.471 e. The second-order valence-electron chi connectivity index (χ2n) is 5.20. The Balaban J connectivity index is 1.84. The third-order valence-electron chi connectivity index (χ3n) is 3.94. The van der Waals surface area contributed by atoms with Gasteiger partial charge in [0.15, 0.2) is 0 Å². The van der Waals surface area contributed by atoms with Gasteiger partial charge in [-0.3, -0.25) is 0 Å². The first kappa shape index (κ1) is 12.2. The summed E-state index contributed by atoms with van der Waals surface area (Å²) in [4.78, 5) is 0.249. The fraction of sp³-hybridized carbons (Fsp3) is 0.667. The van der Waals surface area contributed by atoms with Crippen LogP contribution in [-0.4, -0.2) is 39.0 Å². The summed E-state index contributed by atoms with van der Waals surface area (Å²) in [5.41, 5.74) is 0.0368. The molecule has 1 aromatic rings. The fourth-order valence-electron chi connectivity index (χ4n) is 2.89. The van der Waals surface area contributed by atoms with E-state index in [2.05, 4.69) is 0 Å². The van der Waals surface area contributed by atoms with E-state index in [1.807, 2.05) is 0 Å². The van der Waals surface area contributed by atoms with Crippen LogP contribution in [0.25, 0.3) is 0 Å². The normalized spacial score (nSPS) is 30.0. The molecule has 2 aliphatic rings. The highest BCUT2D eigenvalue weighted by molar-refractivity contribution is 7.89. The van der Waals surface area contributed by atoms with Crippen LogP contribution in [0.1, 0.15) is 19.3 Å². The Bertz CT molecular complexity index is 502. The van der Waals surface area contributed by atoms with E-state index in [1.165, 1.54) is 18.6 Å². The first-order valence-electron chi connectivity index (χ1n) is 6.23. The molecule has 5 nitrogen and oxygen atoms in total. The number of piperidine rings is 1. The SMILES string of the molecule is O=S(=O)(c1ccoc1)N1CCCC2(CCOC2)C1. The second-order valence-corrected chi connectivity index (χ2v) is 7.14. The Morgan fingerprint density at radius 3 is 2.89 bits per heavy atom. The lowest BCUT2D eigenvalue weighted by Crippen LogP contribution is -2.46. The quantitative estimate of drug-likeness (QED) is 0.817. The Kier molecular flexibility index (Phi) is 2.96. The van der Waals surface area contributed by atoms with Crippen LogP contribution in [0.4, 0.5) is 0 Å². The van der Waals surface area contributed by atoms with Crippen LogP contribution in [0.2, 0.25) is 0 Å². The molecule has 0 aromatic carbocycles. The minimum Gasteiger partial charge on any atom is -0.471 e. The molecule has 3 heterocycles. The van der Waals surface area contributed by atoms with Gasteiger partial charge in [-0.1, -0.05) is 0 Å². The van der Waals surface area contributed by atoms with E-state index >= 15 is 0 Å². The van der Waals surface area contributed by atoms with Gasteiger partial charge in [-0.05, 0) is 25.3 Å². The minimum atomic E-state index is -3.40. The first-order chi connectivity index (χ1) is 8.62. The van der Waals surface area contributed by atoms with Crippen molar-refractivity contribution < 1.29 is 17.6 Å². The molecular weight excluding hydrogens is 254 g/mol. The maximum absolute atomic E-state index is 12.4. The lowest BCUT2D eigenvalue weighted by Gasteiger charge is -2.38. The van der Waals surface area contributed by atoms with Gasteiger partial charge in [-0.2, -0.15) is 4.31 Å². The molecule has 0 aliphatic carbocycles. The number of nitrogens with zero attached hydrogens (tertiary/aromatic N) is 1. The molecule has 1 atom stereocenters. The summed E-state index contributed by atoms with van der Waals surface area (Å²) in [5.74, 6) is 0. The molecule has 0 saturated carbocycles. The predicted molar refractivity (Wildman–Crippen MR) is 64.6 cm³/mol. The molecule has 6 heteroatoms. The Morgan fingerprint density at radius 2 is 2.22 bits per heavy atom. The monoisotopic (exact) mass is 271 g/mol. The molecule has 100 valence electrons. The van der Waals surface area contributed by atoms with Crippen LogP contribution in [0.15, 0.2) is 27.9 Å². The molecule has 0 amide bonds. The zero-order valence-corrected chi connectivity index (χ0v) is 11.0. The Labute approximate surface area is 107 Å². The summed E-state index contributed by atoms with van der Waals surface area (Å²) in [6, 6.07) is 1.50. The lowest BCUT2D eigenvalue weighted by atomic mass is 9.80. The smallest absolute Gasteiger partial charge is 0.246 e. The molecule has 18 heavy (non-hydrogen) atoms. The van der Waals surface area contributed by atoms with Crippen LogP contribution in [0, 0.1) is 5.41 Å². The molecule has 2 fully saturated rings. The molecule has 3 rings (SSSR count). The maximum atomic E-state index is 12.4. The lowest BCUT2D eigenvalue weighted by molar-refractivity contribution is 0.105. The standard InChI is InChI=1S/C12H17NO4S/c14-18(15,11-2-6-16-8-11)13-5-1-3-12(9-13)4-7-17-10-12/h2,6,8H,1,3-5,7,9-10H2. The van der Waals surface area contributed by atoms with E-state index in [1.54, 1.807) is 4.31 Å². The molecule has 2 saturated heterocycles. The number of ether oxygens (including phenoxy) is 1. The molecule has 1 spiro atoms. The van der Waals surface area contributed by atoms with E-state index in [0.29, 0.717) is 19.7 Å². The van der Waals surface area contributed by atoms with Gasteiger partial charge in [0.05, 0.1) is 12.9 Å². The Morgan fingerprint density at radius 1 is 1.33 bits per heavy atom. The van der Waals surface area contributed by atoms with Gasteiger partial charge in [-0.25, -0.2) is 8.42 Å². The molecular formula is C12H17NO4S. The minimum absolute atomic E-state index is 0.0368. The van der Waals surface area contributed by atoms with Crippen molar-refractivity contribution in [2.45, 2.75) is 24.2 Å². The summed E-state index contributed by atoms with van der Waals surface area (Å²) in [6.07, 6.45) is 5.61. The van der Waals surface area contributed by atoms with Crippen molar-refractivity contribution in [1.82, 2.24) is 4.31 Å². The summed E-state index contributed by atoms with van der Waals surface area (Å²) < 4.78 is 36.7. The summed E-state index contributed by atoms with van der Waals surface area (Å²) in [7, 11) is -3.40. The van der Waals surface area contributed by atoms with Crippen LogP contribution in [0.5, 0.6) is 0 Å². The summed E-state index contributed by atoms with van der Waals surface area (Å²) in [6.45, 7) is 2.60. The van der Waals surface area contributed by atoms with E-state index in [-0.39, 0.29) is 10.3 Å². The van der Waals surface area contributed by atoms with Crippen molar-refractivity contribution in [2.75, 3.05) is 26.3 Å². The van der Waals surface area contributed by atoms with Gasteiger partial charge in [0, 0.05) is 25.1 Å². The zero-order valence-electron chi connectivity index (χ0n) is 10.2. The zero-order chi connectivity index (χ0) is 12.6. The van der Waals surface area contributed by atoms with Crippen molar-refractivity contribution in [2.24, 2.45) is 5.41 Å². The van der Waals surface area contributed by atoms with Crippen molar-refractivity contribution in [3.05, 3.63) is 18.6 Å². The van der Waals surface area contributed by atoms with E-state index in [0.717, 1.165) is 25.9 Å². The molecule has 1 aromatic heterocycles. The Hall–Kier alpha value is -0.850. The molecule has 1 unspecified atom stereocenters. The summed E-state index contributed by atoms with van der Waals surface area (Å²) >= 11 is 0. The van der Waals surface area contributed by atoms with Gasteiger partial charge in [0.1, 0.15) is 11.2 Å². The number of hydrogen-bond acceptors (Lipinski definition) is 4. The number of rotatable bonds is 2. The van der Waals surface area contributed by atoms with E-state index in [9.17, 15) is 8.42 Å². The number of hydrogen-bond donors (Lipinski definition) is 0. The highest BCUT2D eigenvalue weighted by Crippen LogP contribution is 2.39. The molecule has 0 radical (unpaired) electrons. The van der Waals surface area contributed by atoms with Gasteiger partial charge in [0.2, 0.25) is 10.0 Å². The van der Waals surface area contributed by atoms with Crippen molar-refractivity contribution in [1.29, 1.82) is 0 Å². The van der Waals surface area contributed by atoms with Crippen molar-refractivity contribution >= 4 is 10.0 Å². The maximum Gasteiger partial charge on any atom is 0.246 e. The van der Waals surface area contributed by atoms with Crippen LogP contribution < -0.4 is 0 Å². The predicted octanol–water partition coefficient (Wildman–Crippen LogP) is 1.47. The highest BCUT2D eigenvalue weighted by atomic mass is 32.2. The average molecular weight is 271 g/mol. The van der Waals surface area contributed by atoms with Crippen molar-refractivity contribution in [3.8, 4) is 0 Å². The van der Waals surface area contributed by atoms with E-state index in [4.69, 9.17) is 9.15 Å². The van der Waals surface area contributed by atoms with Gasteiger partial charge < -0.3 is 9.15 Å². The number of sulfonamides is 1. The van der Waals surface area contributed by atoms with Crippen LogP contribution in [0.3, 0.4) is 0 Å². The van der Waals surface area contributed by atoms with Crippen LogP contribution >= 0.6 is 0 Å². The highest BCUT2D eigenvalue weighted by Gasteiger charge is 2.42. The second kappa shape index (κ2) is 4.36. The average Bonchev–Trinajstić information content (AvgIpc) is 3.01. The van der Waals surface area contributed by atoms with E-state index < -0.39 is 10.0 Å². The third-order valence-corrected chi connectivity index (χ3v) is 5.76. The molecule has 0 N–H and O–H groups in total. The fourth-order valence-corrected chi connectivity index (χ4v) is 4.40. The van der Waals surface area contributed by atoms with Crippen molar-refractivity contribution in [3.63, 3.8) is 0 Å². The molecule has 2 aliphatic heterocycles. The third kappa shape index (κ3) is 1.98. The van der Waals surface area contributed by atoms with Gasteiger partial charge >= 0.3 is 0 Å². The van der Waals surface area contributed by atoms with Gasteiger partial charge in [-0.15, -0.1) is 0 Å². The summed E-state index contributed by atoms with van der Waals surface area (Å²) in [5, 5.41) is 0. The molecule has 0 bridgehead atoms. The topological polar surface area (TPSA) is 59.8 Å². The van der Waals surface area contributed by atoms with Crippen LogP contribution in [-0.2, 0) is 14.8 Å².